The van der Waals surface area contributed by atoms with Crippen molar-refractivity contribution in [1.82, 2.24) is 9.80 Å². The van der Waals surface area contributed by atoms with Crippen LogP contribution in [0.2, 0.25) is 0 Å². The standard InChI is InChI=1S/C9H23N3/c1-5-11(6-2)9(10)12(7-3)8-4/h9H,5-8,10H2,1-4H3. The SMILES string of the molecule is CCN(CC)C(N)N(CC)CC. The smallest absolute Gasteiger partial charge is 0.114 e. The number of hydrogen-bond acceptors (Lipinski definition) is 3. The third-order valence-corrected chi connectivity index (χ3v) is 2.37. The molecule has 12 heavy (non-hydrogen) atoms. The lowest BCUT2D eigenvalue weighted by Gasteiger charge is -2.34. The van der Waals surface area contributed by atoms with Crippen LogP contribution in [0.1, 0.15) is 27.7 Å². The molecule has 0 atom stereocenters. The normalized spacial score (nSPS) is 12.0. The van der Waals surface area contributed by atoms with E-state index >= 15 is 0 Å². The van der Waals surface area contributed by atoms with Crippen LogP contribution in [0, 0.1) is 0 Å². The minimum Gasteiger partial charge on any atom is -0.303 e. The van der Waals surface area contributed by atoms with Gasteiger partial charge in [-0.2, -0.15) is 0 Å². The molecule has 0 unspecified atom stereocenters. The molecule has 0 fully saturated rings. The molecule has 3 heteroatoms. The minimum atomic E-state index is 0.0926. The molecule has 0 saturated heterocycles. The summed E-state index contributed by atoms with van der Waals surface area (Å²) in [5.74, 6) is 0. The summed E-state index contributed by atoms with van der Waals surface area (Å²) in [5, 5.41) is 0. The van der Waals surface area contributed by atoms with Gasteiger partial charge in [-0.25, -0.2) is 0 Å². The van der Waals surface area contributed by atoms with E-state index in [0.29, 0.717) is 0 Å². The van der Waals surface area contributed by atoms with E-state index in [4.69, 9.17) is 5.73 Å². The number of rotatable bonds is 6. The summed E-state index contributed by atoms with van der Waals surface area (Å²) >= 11 is 0. The Morgan fingerprint density at radius 2 is 1.08 bits per heavy atom. The summed E-state index contributed by atoms with van der Waals surface area (Å²) in [6.45, 7) is 12.7. The van der Waals surface area contributed by atoms with Crippen molar-refractivity contribution in [3.63, 3.8) is 0 Å². The maximum atomic E-state index is 6.06. The van der Waals surface area contributed by atoms with E-state index in [-0.39, 0.29) is 6.29 Å². The quantitative estimate of drug-likeness (QED) is 0.606. The van der Waals surface area contributed by atoms with Crippen molar-refractivity contribution in [2.75, 3.05) is 26.2 Å². The molecule has 3 nitrogen and oxygen atoms in total. The van der Waals surface area contributed by atoms with Crippen LogP contribution in [-0.4, -0.2) is 42.3 Å². The lowest BCUT2D eigenvalue weighted by molar-refractivity contribution is 0.0618. The second kappa shape index (κ2) is 6.40. The van der Waals surface area contributed by atoms with E-state index < -0.39 is 0 Å². The molecule has 0 aliphatic heterocycles. The summed E-state index contributed by atoms with van der Waals surface area (Å²) < 4.78 is 0. The van der Waals surface area contributed by atoms with E-state index in [2.05, 4.69) is 37.5 Å². The highest BCUT2D eigenvalue weighted by atomic mass is 15.4. The molecule has 0 aliphatic rings. The highest BCUT2D eigenvalue weighted by Gasteiger charge is 2.15. The van der Waals surface area contributed by atoms with E-state index in [9.17, 15) is 0 Å². The Labute approximate surface area is 76.5 Å². The Morgan fingerprint density at radius 1 is 0.833 bits per heavy atom. The van der Waals surface area contributed by atoms with Crippen molar-refractivity contribution in [2.24, 2.45) is 5.73 Å². The zero-order chi connectivity index (χ0) is 9.56. The van der Waals surface area contributed by atoms with Crippen LogP contribution < -0.4 is 5.73 Å². The molecule has 0 aromatic heterocycles. The Morgan fingerprint density at radius 3 is 1.25 bits per heavy atom. The zero-order valence-corrected chi connectivity index (χ0v) is 8.88. The van der Waals surface area contributed by atoms with Gasteiger partial charge in [-0.05, 0) is 26.2 Å². The van der Waals surface area contributed by atoms with Crippen LogP contribution in [0.15, 0.2) is 0 Å². The van der Waals surface area contributed by atoms with Crippen molar-refractivity contribution in [1.29, 1.82) is 0 Å². The van der Waals surface area contributed by atoms with E-state index in [1.165, 1.54) is 0 Å². The van der Waals surface area contributed by atoms with Gasteiger partial charge in [0.15, 0.2) is 0 Å². The predicted octanol–water partition coefficient (Wildman–Crippen LogP) is 0.912. The molecule has 0 aromatic carbocycles. The molecule has 0 aromatic rings. The van der Waals surface area contributed by atoms with Gasteiger partial charge in [0.05, 0.1) is 0 Å². The first-order valence-corrected chi connectivity index (χ1v) is 4.94. The average Bonchev–Trinajstić information content (AvgIpc) is 2.09. The third-order valence-electron chi connectivity index (χ3n) is 2.37. The van der Waals surface area contributed by atoms with Crippen LogP contribution in [0.3, 0.4) is 0 Å². The van der Waals surface area contributed by atoms with Crippen molar-refractivity contribution in [3.05, 3.63) is 0 Å². The molecule has 2 N–H and O–H groups in total. The summed E-state index contributed by atoms with van der Waals surface area (Å²) in [6, 6.07) is 0. The zero-order valence-electron chi connectivity index (χ0n) is 8.88. The van der Waals surface area contributed by atoms with Gasteiger partial charge in [0.2, 0.25) is 0 Å². The second-order valence-electron chi connectivity index (χ2n) is 2.86. The van der Waals surface area contributed by atoms with Gasteiger partial charge in [0.1, 0.15) is 6.29 Å². The van der Waals surface area contributed by atoms with Crippen LogP contribution >= 0.6 is 0 Å². The molecule has 0 rings (SSSR count). The molecule has 0 saturated carbocycles. The Kier molecular flexibility index (Phi) is 6.34. The van der Waals surface area contributed by atoms with Crippen molar-refractivity contribution >= 4 is 0 Å². The first kappa shape index (κ1) is 11.9. The molecule has 0 amide bonds. The van der Waals surface area contributed by atoms with E-state index in [1.54, 1.807) is 0 Å². The summed E-state index contributed by atoms with van der Waals surface area (Å²) in [5.41, 5.74) is 6.06. The monoisotopic (exact) mass is 173 g/mol. The van der Waals surface area contributed by atoms with E-state index in [1.807, 2.05) is 0 Å². The molecule has 0 bridgehead atoms. The fraction of sp³-hybridized carbons (Fsp3) is 1.00. The van der Waals surface area contributed by atoms with E-state index in [0.717, 1.165) is 26.2 Å². The number of nitrogens with zero attached hydrogens (tertiary/aromatic N) is 2. The maximum absolute atomic E-state index is 6.06. The van der Waals surface area contributed by atoms with Gasteiger partial charge in [-0.3, -0.25) is 9.80 Å². The lowest BCUT2D eigenvalue weighted by Crippen LogP contribution is -2.53. The topological polar surface area (TPSA) is 32.5 Å². The van der Waals surface area contributed by atoms with Gasteiger partial charge in [0.25, 0.3) is 0 Å². The second-order valence-corrected chi connectivity index (χ2v) is 2.86. The molecular weight excluding hydrogens is 150 g/mol. The number of hydrogen-bond donors (Lipinski definition) is 1. The van der Waals surface area contributed by atoms with Gasteiger partial charge < -0.3 is 5.73 Å². The predicted molar refractivity (Wildman–Crippen MR) is 53.8 cm³/mol. The summed E-state index contributed by atoms with van der Waals surface area (Å²) in [6.07, 6.45) is 0.0926. The molecule has 0 spiro atoms. The van der Waals surface area contributed by atoms with Crippen LogP contribution in [0.5, 0.6) is 0 Å². The van der Waals surface area contributed by atoms with Crippen molar-refractivity contribution < 1.29 is 0 Å². The third kappa shape index (κ3) is 3.09. The first-order valence-electron chi connectivity index (χ1n) is 4.94. The van der Waals surface area contributed by atoms with Gasteiger partial charge in [0, 0.05) is 0 Å². The average molecular weight is 173 g/mol. The first-order chi connectivity index (χ1) is 5.71. The van der Waals surface area contributed by atoms with Crippen LogP contribution in [0.4, 0.5) is 0 Å². The number of nitrogens with two attached hydrogens (primary N) is 1. The molecule has 0 aliphatic carbocycles. The summed E-state index contributed by atoms with van der Waals surface area (Å²) in [4.78, 5) is 4.51. The maximum Gasteiger partial charge on any atom is 0.114 e. The van der Waals surface area contributed by atoms with Crippen LogP contribution in [0.25, 0.3) is 0 Å². The van der Waals surface area contributed by atoms with Crippen molar-refractivity contribution in [2.45, 2.75) is 34.0 Å². The molecular formula is C9H23N3. The Bertz CT molecular complexity index is 85.9. The highest BCUT2D eigenvalue weighted by Crippen LogP contribution is 1.99. The fourth-order valence-corrected chi connectivity index (χ4v) is 1.43. The highest BCUT2D eigenvalue weighted by molar-refractivity contribution is 4.63. The van der Waals surface area contributed by atoms with Crippen molar-refractivity contribution in [3.8, 4) is 0 Å². The lowest BCUT2D eigenvalue weighted by atomic mass is 10.4. The van der Waals surface area contributed by atoms with Crippen LogP contribution in [-0.2, 0) is 0 Å². The minimum absolute atomic E-state index is 0.0926. The fourth-order valence-electron chi connectivity index (χ4n) is 1.43. The Hall–Kier alpha value is -0.120. The van der Waals surface area contributed by atoms with Gasteiger partial charge >= 0.3 is 0 Å². The summed E-state index contributed by atoms with van der Waals surface area (Å²) in [7, 11) is 0. The largest absolute Gasteiger partial charge is 0.303 e. The van der Waals surface area contributed by atoms with Gasteiger partial charge in [-0.15, -0.1) is 0 Å². The molecule has 0 radical (unpaired) electrons. The molecule has 0 heterocycles. The molecule has 74 valence electrons. The Balaban J connectivity index is 4.02. The van der Waals surface area contributed by atoms with Gasteiger partial charge in [-0.1, -0.05) is 27.7 Å².